The molecule has 0 bridgehead atoms. The maximum absolute atomic E-state index is 12.6. The largest absolute Gasteiger partial charge is 0.352 e. The van der Waals surface area contributed by atoms with Crippen molar-refractivity contribution in [3.8, 4) is 0 Å². The number of anilines is 2. The van der Waals surface area contributed by atoms with Crippen LogP contribution in [-0.4, -0.2) is 20.4 Å². The van der Waals surface area contributed by atoms with Crippen LogP contribution in [0, 0.1) is 0 Å². The van der Waals surface area contributed by atoms with Crippen molar-refractivity contribution in [3.63, 3.8) is 0 Å². The van der Waals surface area contributed by atoms with E-state index in [1.165, 1.54) is 12.1 Å². The van der Waals surface area contributed by atoms with Gasteiger partial charge < -0.3 is 16.4 Å². The predicted octanol–water partition coefficient (Wildman–Crippen LogP) is 2.91. The highest BCUT2D eigenvalue weighted by Crippen LogP contribution is 2.25. The van der Waals surface area contributed by atoms with Crippen LogP contribution in [0.25, 0.3) is 0 Å². The second kappa shape index (κ2) is 9.10. The fraction of sp³-hybridized carbons (Fsp3) is 0.0476. The number of carbonyl (C=O) groups is 2. The van der Waals surface area contributed by atoms with Gasteiger partial charge in [0.2, 0.25) is 0 Å². The van der Waals surface area contributed by atoms with Gasteiger partial charge in [-0.15, -0.1) is 0 Å². The average Bonchev–Trinajstić information content (AvgIpc) is 2.74. The first-order valence-electron chi connectivity index (χ1n) is 8.96. The minimum absolute atomic E-state index is 0.117. The predicted molar refractivity (Wildman–Crippen MR) is 115 cm³/mol. The SMILES string of the molecule is NC(=O)NCc1ccc(C(=O)Nc2ccccc2NS(=O)(=O)c2ccccc2)cc1. The third-order valence-corrected chi connectivity index (χ3v) is 5.54. The minimum Gasteiger partial charge on any atom is -0.352 e. The zero-order chi connectivity index (χ0) is 21.6. The molecule has 0 unspecified atom stereocenters. The molecule has 0 heterocycles. The number of amides is 3. The molecule has 154 valence electrons. The molecule has 3 rings (SSSR count). The van der Waals surface area contributed by atoms with Crippen molar-refractivity contribution in [1.29, 1.82) is 0 Å². The lowest BCUT2D eigenvalue weighted by atomic mass is 10.1. The molecule has 5 N–H and O–H groups in total. The maximum atomic E-state index is 12.6. The van der Waals surface area contributed by atoms with E-state index in [9.17, 15) is 18.0 Å². The van der Waals surface area contributed by atoms with Crippen LogP contribution in [0.4, 0.5) is 16.2 Å². The first-order chi connectivity index (χ1) is 14.3. The van der Waals surface area contributed by atoms with Gasteiger partial charge in [0.1, 0.15) is 0 Å². The van der Waals surface area contributed by atoms with Crippen molar-refractivity contribution in [2.24, 2.45) is 5.73 Å². The van der Waals surface area contributed by atoms with Crippen LogP contribution in [0.1, 0.15) is 15.9 Å². The Balaban J connectivity index is 1.75. The molecule has 0 saturated carbocycles. The molecule has 0 fully saturated rings. The summed E-state index contributed by atoms with van der Waals surface area (Å²) in [5.74, 6) is -0.407. The lowest BCUT2D eigenvalue weighted by molar-refractivity contribution is 0.102. The number of nitrogens with one attached hydrogen (secondary N) is 3. The highest BCUT2D eigenvalue weighted by atomic mass is 32.2. The van der Waals surface area contributed by atoms with Crippen molar-refractivity contribution in [2.45, 2.75) is 11.4 Å². The molecule has 0 radical (unpaired) electrons. The van der Waals surface area contributed by atoms with Crippen LogP contribution in [0.15, 0.2) is 83.8 Å². The van der Waals surface area contributed by atoms with E-state index in [-0.39, 0.29) is 17.1 Å². The van der Waals surface area contributed by atoms with Crippen molar-refractivity contribution in [1.82, 2.24) is 5.32 Å². The Labute approximate surface area is 174 Å². The standard InChI is InChI=1S/C21H20N4O4S/c22-21(27)23-14-15-10-12-16(13-11-15)20(26)24-18-8-4-5-9-19(18)25-30(28,29)17-6-2-1-3-7-17/h1-13,25H,14H2,(H,24,26)(H3,22,23,27). The molecule has 0 aromatic heterocycles. The summed E-state index contributed by atoms with van der Waals surface area (Å²) in [6, 6.07) is 20.4. The first kappa shape index (κ1) is 20.9. The van der Waals surface area contributed by atoms with Gasteiger partial charge in [-0.1, -0.05) is 42.5 Å². The van der Waals surface area contributed by atoms with Crippen molar-refractivity contribution >= 4 is 33.3 Å². The number of urea groups is 1. The molecule has 0 spiro atoms. The summed E-state index contributed by atoms with van der Waals surface area (Å²) in [6.07, 6.45) is 0. The van der Waals surface area contributed by atoms with Gasteiger partial charge in [-0.2, -0.15) is 0 Å². The summed E-state index contributed by atoms with van der Waals surface area (Å²) in [6.45, 7) is 0.251. The summed E-state index contributed by atoms with van der Waals surface area (Å²) < 4.78 is 27.7. The Kier molecular flexibility index (Phi) is 6.33. The Hall–Kier alpha value is -3.85. The van der Waals surface area contributed by atoms with Crippen LogP contribution in [-0.2, 0) is 16.6 Å². The quantitative estimate of drug-likeness (QED) is 0.464. The van der Waals surface area contributed by atoms with Gasteiger partial charge in [-0.3, -0.25) is 9.52 Å². The van der Waals surface area contributed by atoms with Gasteiger partial charge in [0, 0.05) is 12.1 Å². The topological polar surface area (TPSA) is 130 Å². The van der Waals surface area contributed by atoms with Gasteiger partial charge in [-0.05, 0) is 42.0 Å². The number of benzene rings is 3. The van der Waals surface area contributed by atoms with E-state index < -0.39 is 22.0 Å². The van der Waals surface area contributed by atoms with Gasteiger partial charge in [-0.25, -0.2) is 13.2 Å². The molecule has 3 aromatic rings. The van der Waals surface area contributed by atoms with E-state index in [0.717, 1.165) is 5.56 Å². The maximum Gasteiger partial charge on any atom is 0.312 e. The van der Waals surface area contributed by atoms with E-state index in [1.54, 1.807) is 66.7 Å². The molecule has 3 aromatic carbocycles. The van der Waals surface area contributed by atoms with Crippen LogP contribution in [0.2, 0.25) is 0 Å². The van der Waals surface area contributed by atoms with Crippen molar-refractivity contribution in [2.75, 3.05) is 10.0 Å². The highest BCUT2D eigenvalue weighted by molar-refractivity contribution is 7.92. The lowest BCUT2D eigenvalue weighted by Crippen LogP contribution is -2.28. The normalized spacial score (nSPS) is 10.8. The molecule has 0 aliphatic carbocycles. The van der Waals surface area contributed by atoms with E-state index in [4.69, 9.17) is 5.73 Å². The molecule has 8 nitrogen and oxygen atoms in total. The third kappa shape index (κ3) is 5.36. The number of primary amides is 1. The summed E-state index contributed by atoms with van der Waals surface area (Å²) in [7, 11) is -3.80. The Bertz CT molecular complexity index is 1150. The summed E-state index contributed by atoms with van der Waals surface area (Å²) in [5, 5.41) is 5.18. The third-order valence-electron chi connectivity index (χ3n) is 4.16. The summed E-state index contributed by atoms with van der Waals surface area (Å²) in [4.78, 5) is 23.5. The first-order valence-corrected chi connectivity index (χ1v) is 10.4. The zero-order valence-electron chi connectivity index (χ0n) is 15.8. The fourth-order valence-electron chi connectivity index (χ4n) is 2.64. The number of rotatable bonds is 7. The van der Waals surface area contributed by atoms with Crippen molar-refractivity contribution in [3.05, 3.63) is 90.0 Å². The number of hydrogen-bond acceptors (Lipinski definition) is 4. The van der Waals surface area contributed by atoms with Gasteiger partial charge in [0.25, 0.3) is 15.9 Å². The van der Waals surface area contributed by atoms with Gasteiger partial charge in [0.15, 0.2) is 0 Å². The highest BCUT2D eigenvalue weighted by Gasteiger charge is 2.16. The minimum atomic E-state index is -3.80. The number of sulfonamides is 1. The zero-order valence-corrected chi connectivity index (χ0v) is 16.6. The van der Waals surface area contributed by atoms with Gasteiger partial charge in [0.05, 0.1) is 16.3 Å². The van der Waals surface area contributed by atoms with E-state index in [1.807, 2.05) is 0 Å². The Morgan fingerprint density at radius 1 is 0.800 bits per heavy atom. The van der Waals surface area contributed by atoms with E-state index in [2.05, 4.69) is 15.4 Å². The smallest absolute Gasteiger partial charge is 0.312 e. The van der Waals surface area contributed by atoms with Crippen LogP contribution in [0.3, 0.4) is 0 Å². The van der Waals surface area contributed by atoms with Crippen LogP contribution < -0.4 is 21.1 Å². The monoisotopic (exact) mass is 424 g/mol. The number of nitrogens with two attached hydrogens (primary N) is 1. The molecule has 0 aliphatic rings. The molecule has 0 saturated heterocycles. The van der Waals surface area contributed by atoms with Crippen LogP contribution >= 0.6 is 0 Å². The molecular formula is C21H20N4O4S. The van der Waals surface area contributed by atoms with E-state index in [0.29, 0.717) is 11.3 Å². The Morgan fingerprint density at radius 2 is 1.40 bits per heavy atom. The second-order valence-electron chi connectivity index (χ2n) is 6.33. The lowest BCUT2D eigenvalue weighted by Gasteiger charge is -2.14. The molecule has 30 heavy (non-hydrogen) atoms. The second-order valence-corrected chi connectivity index (χ2v) is 8.02. The summed E-state index contributed by atoms with van der Waals surface area (Å²) in [5.41, 5.74) is 6.76. The number of carbonyl (C=O) groups excluding carboxylic acids is 2. The molecule has 0 aliphatic heterocycles. The van der Waals surface area contributed by atoms with Crippen molar-refractivity contribution < 1.29 is 18.0 Å². The Morgan fingerprint density at radius 3 is 2.03 bits per heavy atom. The molecule has 3 amide bonds. The van der Waals surface area contributed by atoms with E-state index >= 15 is 0 Å². The fourth-order valence-corrected chi connectivity index (χ4v) is 3.74. The van der Waals surface area contributed by atoms with Gasteiger partial charge >= 0.3 is 6.03 Å². The number of para-hydroxylation sites is 2. The van der Waals surface area contributed by atoms with Crippen LogP contribution in [0.5, 0.6) is 0 Å². The molecular weight excluding hydrogens is 404 g/mol. The summed E-state index contributed by atoms with van der Waals surface area (Å²) >= 11 is 0. The molecule has 9 heteroatoms. The number of hydrogen-bond donors (Lipinski definition) is 4. The molecule has 0 atom stereocenters. The average molecular weight is 424 g/mol.